The third-order valence-electron chi connectivity index (χ3n) is 4.35. The van der Waals surface area contributed by atoms with Gasteiger partial charge in [0.25, 0.3) is 0 Å². The average molecular weight is 275 g/mol. The van der Waals surface area contributed by atoms with E-state index >= 15 is 0 Å². The Kier molecular flexibility index (Phi) is 4.12. The lowest BCUT2D eigenvalue weighted by atomic mass is 9.77. The molecule has 1 aromatic rings. The predicted molar refractivity (Wildman–Crippen MR) is 77.8 cm³/mol. The third kappa shape index (κ3) is 3.00. The molecule has 20 heavy (non-hydrogen) atoms. The van der Waals surface area contributed by atoms with Crippen LogP contribution < -0.4 is 5.32 Å². The standard InChI is InChI=1S/C16H21NO3/c1-16(2,12-5-3-4-6-12)15(20)17-13-9-7-11(8-10-13)14(18)19/h7-10,12H,3-6H2,1-2H3,(H,17,20)(H,18,19). The Hall–Kier alpha value is -1.84. The van der Waals surface area contributed by atoms with Crippen molar-refractivity contribution in [2.75, 3.05) is 5.32 Å². The summed E-state index contributed by atoms with van der Waals surface area (Å²) in [7, 11) is 0. The van der Waals surface area contributed by atoms with Crippen LogP contribution in [0.15, 0.2) is 24.3 Å². The Morgan fingerprint density at radius 1 is 1.15 bits per heavy atom. The molecule has 2 N–H and O–H groups in total. The fourth-order valence-electron chi connectivity index (χ4n) is 2.82. The van der Waals surface area contributed by atoms with Crippen LogP contribution in [0.4, 0.5) is 5.69 Å². The van der Waals surface area contributed by atoms with Crippen molar-refractivity contribution >= 4 is 17.6 Å². The Balaban J connectivity index is 2.05. The molecule has 1 aliphatic rings. The van der Waals surface area contributed by atoms with Gasteiger partial charge >= 0.3 is 5.97 Å². The highest BCUT2D eigenvalue weighted by molar-refractivity contribution is 5.95. The van der Waals surface area contributed by atoms with Gasteiger partial charge in [-0.3, -0.25) is 4.79 Å². The van der Waals surface area contributed by atoms with Crippen LogP contribution in [-0.4, -0.2) is 17.0 Å². The lowest BCUT2D eigenvalue weighted by Gasteiger charge is -2.30. The molecule has 0 saturated heterocycles. The van der Waals surface area contributed by atoms with Crippen molar-refractivity contribution in [1.82, 2.24) is 0 Å². The fourth-order valence-corrected chi connectivity index (χ4v) is 2.82. The molecule has 1 amide bonds. The zero-order valence-electron chi connectivity index (χ0n) is 12.0. The van der Waals surface area contributed by atoms with E-state index in [1.54, 1.807) is 12.1 Å². The molecule has 0 radical (unpaired) electrons. The fraction of sp³-hybridized carbons (Fsp3) is 0.500. The van der Waals surface area contributed by atoms with Gasteiger partial charge in [-0.15, -0.1) is 0 Å². The normalized spacial score (nSPS) is 16.1. The van der Waals surface area contributed by atoms with E-state index in [0.717, 1.165) is 12.8 Å². The maximum absolute atomic E-state index is 12.4. The van der Waals surface area contributed by atoms with Gasteiger partial charge in [-0.05, 0) is 43.0 Å². The van der Waals surface area contributed by atoms with Crippen molar-refractivity contribution in [3.63, 3.8) is 0 Å². The first-order valence-electron chi connectivity index (χ1n) is 7.06. The monoisotopic (exact) mass is 275 g/mol. The molecule has 108 valence electrons. The molecule has 1 fully saturated rings. The van der Waals surface area contributed by atoms with E-state index in [2.05, 4.69) is 5.32 Å². The second-order valence-electron chi connectivity index (χ2n) is 6.04. The minimum Gasteiger partial charge on any atom is -0.478 e. The Morgan fingerprint density at radius 3 is 2.20 bits per heavy atom. The number of aromatic carboxylic acids is 1. The summed E-state index contributed by atoms with van der Waals surface area (Å²) in [6, 6.07) is 6.26. The van der Waals surface area contributed by atoms with Crippen molar-refractivity contribution in [3.8, 4) is 0 Å². The SMILES string of the molecule is CC(C)(C(=O)Nc1ccc(C(=O)O)cc1)C1CCCC1. The van der Waals surface area contributed by atoms with Gasteiger partial charge in [-0.25, -0.2) is 4.79 Å². The number of nitrogens with one attached hydrogen (secondary N) is 1. The highest BCUT2D eigenvalue weighted by Crippen LogP contribution is 2.40. The van der Waals surface area contributed by atoms with E-state index in [1.807, 2.05) is 13.8 Å². The molecule has 0 atom stereocenters. The van der Waals surface area contributed by atoms with Crippen molar-refractivity contribution in [2.45, 2.75) is 39.5 Å². The molecule has 4 heteroatoms. The van der Waals surface area contributed by atoms with Gasteiger partial charge in [0, 0.05) is 11.1 Å². The van der Waals surface area contributed by atoms with Crippen molar-refractivity contribution in [3.05, 3.63) is 29.8 Å². The van der Waals surface area contributed by atoms with Gasteiger partial charge in [0.1, 0.15) is 0 Å². The van der Waals surface area contributed by atoms with Crippen LogP contribution in [0, 0.1) is 11.3 Å². The molecule has 0 spiro atoms. The number of carboxylic acids is 1. The van der Waals surface area contributed by atoms with Crippen LogP contribution in [0.1, 0.15) is 49.9 Å². The largest absolute Gasteiger partial charge is 0.478 e. The molecule has 0 aliphatic heterocycles. The summed E-state index contributed by atoms with van der Waals surface area (Å²) in [5.41, 5.74) is 0.478. The number of carbonyl (C=O) groups is 2. The zero-order valence-corrected chi connectivity index (χ0v) is 12.0. The van der Waals surface area contributed by atoms with Gasteiger partial charge in [0.05, 0.1) is 5.56 Å². The summed E-state index contributed by atoms with van der Waals surface area (Å²) in [4.78, 5) is 23.2. The van der Waals surface area contributed by atoms with Crippen LogP contribution >= 0.6 is 0 Å². The molecule has 0 unspecified atom stereocenters. The molecule has 1 aliphatic carbocycles. The average Bonchev–Trinajstić information content (AvgIpc) is 2.93. The van der Waals surface area contributed by atoms with Gasteiger partial charge in [0.2, 0.25) is 5.91 Å². The second kappa shape index (κ2) is 5.65. The molecule has 1 saturated carbocycles. The lowest BCUT2D eigenvalue weighted by Crippen LogP contribution is -2.36. The van der Waals surface area contributed by atoms with Crippen molar-refractivity contribution in [1.29, 1.82) is 0 Å². The van der Waals surface area contributed by atoms with E-state index in [4.69, 9.17) is 5.11 Å². The maximum Gasteiger partial charge on any atom is 0.335 e. The van der Waals surface area contributed by atoms with E-state index in [0.29, 0.717) is 11.6 Å². The number of amides is 1. The maximum atomic E-state index is 12.4. The quantitative estimate of drug-likeness (QED) is 0.883. The Labute approximate surface area is 119 Å². The van der Waals surface area contributed by atoms with Crippen LogP contribution in [0.25, 0.3) is 0 Å². The van der Waals surface area contributed by atoms with Crippen molar-refractivity contribution in [2.24, 2.45) is 11.3 Å². The van der Waals surface area contributed by atoms with Crippen LogP contribution in [-0.2, 0) is 4.79 Å². The number of hydrogen-bond donors (Lipinski definition) is 2. The van der Waals surface area contributed by atoms with E-state index in [-0.39, 0.29) is 16.9 Å². The number of hydrogen-bond acceptors (Lipinski definition) is 2. The summed E-state index contributed by atoms with van der Waals surface area (Å²) in [5, 5.41) is 11.7. The first kappa shape index (κ1) is 14.6. The van der Waals surface area contributed by atoms with Gasteiger partial charge < -0.3 is 10.4 Å². The molecular weight excluding hydrogens is 254 g/mol. The Bertz CT molecular complexity index is 499. The summed E-state index contributed by atoms with van der Waals surface area (Å²) in [5.74, 6) is -0.526. The van der Waals surface area contributed by atoms with Crippen LogP contribution in [0.3, 0.4) is 0 Å². The van der Waals surface area contributed by atoms with Gasteiger partial charge in [0.15, 0.2) is 0 Å². The first-order chi connectivity index (χ1) is 9.41. The summed E-state index contributed by atoms with van der Waals surface area (Å²) in [6.07, 6.45) is 4.63. The Morgan fingerprint density at radius 2 is 1.70 bits per heavy atom. The smallest absolute Gasteiger partial charge is 0.335 e. The number of rotatable bonds is 4. The topological polar surface area (TPSA) is 66.4 Å². The van der Waals surface area contributed by atoms with Gasteiger partial charge in [-0.1, -0.05) is 26.7 Å². The predicted octanol–water partition coefficient (Wildman–Crippen LogP) is 3.54. The second-order valence-corrected chi connectivity index (χ2v) is 6.04. The molecule has 1 aromatic carbocycles. The minimum atomic E-state index is -0.964. The first-order valence-corrected chi connectivity index (χ1v) is 7.06. The molecule has 0 heterocycles. The van der Waals surface area contributed by atoms with Gasteiger partial charge in [-0.2, -0.15) is 0 Å². The third-order valence-corrected chi connectivity index (χ3v) is 4.35. The molecule has 4 nitrogen and oxygen atoms in total. The van der Waals surface area contributed by atoms with Crippen LogP contribution in [0.2, 0.25) is 0 Å². The zero-order chi connectivity index (χ0) is 14.8. The molecule has 0 aromatic heterocycles. The highest BCUT2D eigenvalue weighted by atomic mass is 16.4. The van der Waals surface area contributed by atoms with Crippen molar-refractivity contribution < 1.29 is 14.7 Å². The number of carbonyl (C=O) groups excluding carboxylic acids is 1. The van der Waals surface area contributed by atoms with Crippen LogP contribution in [0.5, 0.6) is 0 Å². The molecular formula is C16H21NO3. The summed E-state index contributed by atoms with van der Waals surface area (Å²) < 4.78 is 0. The minimum absolute atomic E-state index is 0.00692. The number of carboxylic acid groups (broad SMARTS) is 1. The summed E-state index contributed by atoms with van der Waals surface area (Å²) >= 11 is 0. The van der Waals surface area contributed by atoms with E-state index < -0.39 is 5.97 Å². The number of anilines is 1. The number of benzene rings is 1. The lowest BCUT2D eigenvalue weighted by molar-refractivity contribution is -0.126. The summed E-state index contributed by atoms with van der Waals surface area (Å²) in [6.45, 7) is 3.98. The molecule has 2 rings (SSSR count). The van der Waals surface area contributed by atoms with E-state index in [1.165, 1.54) is 25.0 Å². The van der Waals surface area contributed by atoms with E-state index in [9.17, 15) is 9.59 Å². The molecule has 0 bridgehead atoms. The highest BCUT2D eigenvalue weighted by Gasteiger charge is 2.38.